The first-order valence-corrected chi connectivity index (χ1v) is 5.85. The molecule has 0 fully saturated rings. The SMILES string of the molecule is CCC(CCO)CNc1cc(C(F)(F)F)ccn1. The van der Waals surface area contributed by atoms with Gasteiger partial charge in [0.1, 0.15) is 5.82 Å². The lowest BCUT2D eigenvalue weighted by Crippen LogP contribution is -2.16. The highest BCUT2D eigenvalue weighted by molar-refractivity contribution is 5.38. The third-order valence-corrected chi connectivity index (χ3v) is 2.77. The van der Waals surface area contributed by atoms with Crippen molar-refractivity contribution in [3.05, 3.63) is 23.9 Å². The second-order valence-corrected chi connectivity index (χ2v) is 4.09. The fourth-order valence-electron chi connectivity index (χ4n) is 1.59. The minimum Gasteiger partial charge on any atom is -0.396 e. The Morgan fingerprint density at radius 3 is 2.72 bits per heavy atom. The Morgan fingerprint density at radius 2 is 2.17 bits per heavy atom. The summed E-state index contributed by atoms with van der Waals surface area (Å²) < 4.78 is 37.4. The summed E-state index contributed by atoms with van der Waals surface area (Å²) >= 11 is 0. The van der Waals surface area contributed by atoms with Crippen LogP contribution in [0.2, 0.25) is 0 Å². The van der Waals surface area contributed by atoms with Gasteiger partial charge in [0.2, 0.25) is 0 Å². The molecule has 1 aromatic heterocycles. The number of pyridine rings is 1. The normalized spacial score (nSPS) is 13.4. The van der Waals surface area contributed by atoms with Gasteiger partial charge in [0.15, 0.2) is 0 Å². The van der Waals surface area contributed by atoms with Gasteiger partial charge in [0.05, 0.1) is 5.56 Å². The molecular formula is C12H17F3N2O. The summed E-state index contributed by atoms with van der Waals surface area (Å²) in [7, 11) is 0. The number of halogens is 3. The van der Waals surface area contributed by atoms with Gasteiger partial charge in [-0.2, -0.15) is 13.2 Å². The largest absolute Gasteiger partial charge is 0.416 e. The summed E-state index contributed by atoms with van der Waals surface area (Å²) in [5.41, 5.74) is -0.713. The minimum atomic E-state index is -4.35. The van der Waals surface area contributed by atoms with Crippen molar-refractivity contribution in [3.63, 3.8) is 0 Å². The van der Waals surface area contributed by atoms with Gasteiger partial charge in [0, 0.05) is 19.3 Å². The van der Waals surface area contributed by atoms with Gasteiger partial charge in [0.25, 0.3) is 0 Å². The Bertz CT molecular complexity index is 369. The number of aliphatic hydroxyl groups excluding tert-OH is 1. The van der Waals surface area contributed by atoms with Gasteiger partial charge in [-0.25, -0.2) is 4.98 Å². The van der Waals surface area contributed by atoms with E-state index in [1.54, 1.807) is 0 Å². The molecule has 102 valence electrons. The van der Waals surface area contributed by atoms with Gasteiger partial charge in [-0.3, -0.25) is 0 Å². The van der Waals surface area contributed by atoms with Gasteiger partial charge in [-0.1, -0.05) is 13.3 Å². The Hall–Kier alpha value is -1.30. The maximum absolute atomic E-state index is 12.5. The van der Waals surface area contributed by atoms with E-state index in [1.807, 2.05) is 6.92 Å². The number of aromatic nitrogens is 1. The molecule has 18 heavy (non-hydrogen) atoms. The minimum absolute atomic E-state index is 0.0796. The van der Waals surface area contributed by atoms with Crippen molar-refractivity contribution in [1.29, 1.82) is 0 Å². The molecule has 2 N–H and O–H groups in total. The second-order valence-electron chi connectivity index (χ2n) is 4.09. The summed E-state index contributed by atoms with van der Waals surface area (Å²) in [5.74, 6) is 0.438. The van der Waals surface area contributed by atoms with Crippen LogP contribution in [0.3, 0.4) is 0 Å². The lowest BCUT2D eigenvalue weighted by Gasteiger charge is -2.15. The fourth-order valence-corrected chi connectivity index (χ4v) is 1.59. The third kappa shape index (κ3) is 4.52. The molecule has 0 radical (unpaired) electrons. The van der Waals surface area contributed by atoms with Crippen LogP contribution in [0.5, 0.6) is 0 Å². The molecule has 0 amide bonds. The van der Waals surface area contributed by atoms with Crippen LogP contribution in [0.25, 0.3) is 0 Å². The van der Waals surface area contributed by atoms with Crippen molar-refractivity contribution in [2.24, 2.45) is 5.92 Å². The van der Waals surface area contributed by atoms with E-state index < -0.39 is 11.7 Å². The number of anilines is 1. The summed E-state index contributed by atoms with van der Waals surface area (Å²) in [5, 5.41) is 11.7. The van der Waals surface area contributed by atoms with Crippen molar-refractivity contribution in [1.82, 2.24) is 4.98 Å². The summed E-state index contributed by atoms with van der Waals surface area (Å²) in [6, 6.07) is 1.93. The number of hydrogen-bond donors (Lipinski definition) is 2. The van der Waals surface area contributed by atoms with Crippen LogP contribution in [0.1, 0.15) is 25.3 Å². The third-order valence-electron chi connectivity index (χ3n) is 2.77. The molecule has 1 rings (SSSR count). The van der Waals surface area contributed by atoms with Gasteiger partial charge >= 0.3 is 6.18 Å². The maximum atomic E-state index is 12.5. The molecule has 0 saturated heterocycles. The Morgan fingerprint density at radius 1 is 1.44 bits per heavy atom. The van der Waals surface area contributed by atoms with Crippen LogP contribution < -0.4 is 5.32 Å². The highest BCUT2D eigenvalue weighted by atomic mass is 19.4. The van der Waals surface area contributed by atoms with Crippen LogP contribution in [-0.4, -0.2) is 23.2 Å². The number of hydrogen-bond acceptors (Lipinski definition) is 3. The molecule has 0 aliphatic rings. The van der Waals surface area contributed by atoms with E-state index in [2.05, 4.69) is 10.3 Å². The van der Waals surface area contributed by atoms with E-state index in [4.69, 9.17) is 5.11 Å². The number of alkyl halides is 3. The molecule has 1 aromatic rings. The first kappa shape index (κ1) is 14.8. The number of rotatable bonds is 6. The lowest BCUT2D eigenvalue weighted by atomic mass is 10.0. The summed E-state index contributed by atoms with van der Waals surface area (Å²) in [4.78, 5) is 3.85. The Balaban J connectivity index is 2.62. The molecule has 0 aliphatic carbocycles. The molecule has 1 heterocycles. The zero-order chi connectivity index (χ0) is 13.6. The van der Waals surface area contributed by atoms with Crippen LogP contribution in [0.15, 0.2) is 18.3 Å². The molecule has 0 aromatic carbocycles. The predicted molar refractivity (Wildman–Crippen MR) is 63.2 cm³/mol. The molecule has 0 aliphatic heterocycles. The van der Waals surface area contributed by atoms with Gasteiger partial charge in [-0.05, 0) is 24.5 Å². The molecule has 0 bridgehead atoms. The Kier molecular flexibility index (Phi) is 5.40. The van der Waals surface area contributed by atoms with E-state index >= 15 is 0 Å². The topological polar surface area (TPSA) is 45.1 Å². The van der Waals surface area contributed by atoms with Crippen LogP contribution in [0, 0.1) is 5.92 Å². The average Bonchev–Trinajstić information content (AvgIpc) is 2.34. The van der Waals surface area contributed by atoms with Crippen molar-refractivity contribution in [2.45, 2.75) is 25.9 Å². The van der Waals surface area contributed by atoms with Crippen molar-refractivity contribution in [3.8, 4) is 0 Å². The summed E-state index contributed by atoms with van der Waals surface area (Å²) in [6.07, 6.45) is -1.73. The molecule has 0 spiro atoms. The van der Waals surface area contributed by atoms with Crippen LogP contribution in [0.4, 0.5) is 19.0 Å². The average molecular weight is 262 g/mol. The van der Waals surface area contributed by atoms with E-state index in [9.17, 15) is 13.2 Å². The Labute approximate surface area is 104 Å². The maximum Gasteiger partial charge on any atom is 0.416 e. The van der Waals surface area contributed by atoms with Crippen molar-refractivity contribution >= 4 is 5.82 Å². The molecule has 3 nitrogen and oxygen atoms in total. The smallest absolute Gasteiger partial charge is 0.396 e. The standard InChI is InChI=1S/C12H17F3N2O/c1-2-9(4-6-18)8-17-11-7-10(3-5-16-11)12(13,14)15/h3,5,7,9,18H,2,4,6,8H2,1H3,(H,16,17). The zero-order valence-corrected chi connectivity index (χ0v) is 10.2. The van der Waals surface area contributed by atoms with E-state index in [1.165, 1.54) is 0 Å². The van der Waals surface area contributed by atoms with Gasteiger partial charge in [-0.15, -0.1) is 0 Å². The van der Waals surface area contributed by atoms with E-state index in [0.29, 0.717) is 13.0 Å². The zero-order valence-electron chi connectivity index (χ0n) is 10.2. The molecule has 1 atom stereocenters. The molecule has 0 saturated carbocycles. The van der Waals surface area contributed by atoms with Gasteiger partial charge < -0.3 is 10.4 Å². The summed E-state index contributed by atoms with van der Waals surface area (Å²) in [6.45, 7) is 2.56. The highest BCUT2D eigenvalue weighted by Crippen LogP contribution is 2.29. The molecule has 1 unspecified atom stereocenters. The quantitative estimate of drug-likeness (QED) is 0.828. The van der Waals surface area contributed by atoms with Crippen LogP contribution >= 0.6 is 0 Å². The predicted octanol–water partition coefficient (Wildman–Crippen LogP) is 2.92. The van der Waals surface area contributed by atoms with E-state index in [0.717, 1.165) is 24.8 Å². The number of aliphatic hydroxyl groups is 1. The monoisotopic (exact) mass is 262 g/mol. The van der Waals surface area contributed by atoms with Crippen molar-refractivity contribution < 1.29 is 18.3 Å². The highest BCUT2D eigenvalue weighted by Gasteiger charge is 2.30. The first-order valence-electron chi connectivity index (χ1n) is 5.85. The van der Waals surface area contributed by atoms with Crippen molar-refractivity contribution in [2.75, 3.05) is 18.5 Å². The van der Waals surface area contributed by atoms with Crippen LogP contribution in [-0.2, 0) is 6.18 Å². The fraction of sp³-hybridized carbons (Fsp3) is 0.583. The van der Waals surface area contributed by atoms with E-state index in [-0.39, 0.29) is 18.3 Å². The lowest BCUT2D eigenvalue weighted by molar-refractivity contribution is -0.137. The second kappa shape index (κ2) is 6.58. The first-order chi connectivity index (χ1) is 8.47. The number of nitrogens with zero attached hydrogens (tertiary/aromatic N) is 1. The molecule has 6 heteroatoms. The molecular weight excluding hydrogens is 245 g/mol. The number of nitrogens with one attached hydrogen (secondary N) is 1.